The van der Waals surface area contributed by atoms with Crippen molar-refractivity contribution in [2.75, 3.05) is 18.6 Å². The van der Waals surface area contributed by atoms with E-state index in [-0.39, 0.29) is 6.04 Å². The van der Waals surface area contributed by atoms with Crippen molar-refractivity contribution in [2.24, 2.45) is 0 Å². The van der Waals surface area contributed by atoms with Gasteiger partial charge in [0.25, 0.3) is 0 Å². The van der Waals surface area contributed by atoms with Crippen molar-refractivity contribution in [3.05, 3.63) is 29.8 Å². The minimum Gasteiger partial charge on any atom is -0.508 e. The number of phenols is 1. The lowest BCUT2D eigenvalue weighted by Crippen LogP contribution is -2.21. The minimum absolute atomic E-state index is 0.211. The molecule has 1 rings (SSSR count). The number of rotatable bonds is 5. The van der Waals surface area contributed by atoms with Crippen molar-refractivity contribution in [3.63, 3.8) is 0 Å². The third-order valence-electron chi connectivity index (χ3n) is 2.16. The highest BCUT2D eigenvalue weighted by Gasteiger charge is 2.07. The van der Waals surface area contributed by atoms with Gasteiger partial charge in [0.15, 0.2) is 0 Å². The Bertz CT molecular complexity index is 278. The summed E-state index contributed by atoms with van der Waals surface area (Å²) >= 11 is 1.82. The van der Waals surface area contributed by atoms with E-state index in [4.69, 9.17) is 0 Å². The molecule has 0 aromatic heterocycles. The summed E-state index contributed by atoms with van der Waals surface area (Å²) in [5.74, 6) is 1.47. The number of thioether (sulfide) groups is 1. The molecule has 0 bridgehead atoms. The first-order valence-corrected chi connectivity index (χ1v) is 6.15. The van der Waals surface area contributed by atoms with E-state index in [2.05, 4.69) is 18.5 Å². The molecule has 78 valence electrons. The lowest BCUT2D eigenvalue weighted by Gasteiger charge is -2.14. The molecule has 1 aromatic carbocycles. The van der Waals surface area contributed by atoms with Gasteiger partial charge in [-0.05, 0) is 19.2 Å². The van der Waals surface area contributed by atoms with Gasteiger partial charge in [0, 0.05) is 23.9 Å². The predicted octanol–water partition coefficient (Wildman–Crippen LogP) is 2.41. The maximum absolute atomic E-state index is 9.59. The summed E-state index contributed by atoms with van der Waals surface area (Å²) in [4.78, 5) is 0. The van der Waals surface area contributed by atoms with Gasteiger partial charge in [-0.25, -0.2) is 0 Å². The van der Waals surface area contributed by atoms with Crippen LogP contribution < -0.4 is 5.32 Å². The van der Waals surface area contributed by atoms with Gasteiger partial charge in [0.05, 0.1) is 0 Å². The molecule has 0 spiro atoms. The Morgan fingerprint density at radius 1 is 1.43 bits per heavy atom. The van der Waals surface area contributed by atoms with Crippen molar-refractivity contribution in [3.8, 4) is 5.75 Å². The summed E-state index contributed by atoms with van der Waals surface area (Å²) in [7, 11) is 0. The van der Waals surface area contributed by atoms with Gasteiger partial charge in [-0.3, -0.25) is 0 Å². The molecule has 0 saturated carbocycles. The molecule has 0 fully saturated rings. The van der Waals surface area contributed by atoms with Crippen LogP contribution in [0.25, 0.3) is 0 Å². The molecular weight excluding hydrogens is 194 g/mol. The quantitative estimate of drug-likeness (QED) is 0.734. The maximum Gasteiger partial charge on any atom is 0.120 e. The molecule has 0 aliphatic rings. The second-order valence-electron chi connectivity index (χ2n) is 3.23. The lowest BCUT2D eigenvalue weighted by molar-refractivity contribution is 0.455. The van der Waals surface area contributed by atoms with E-state index in [9.17, 15) is 5.11 Å². The third-order valence-corrected chi connectivity index (χ3v) is 2.77. The van der Waals surface area contributed by atoms with Gasteiger partial charge in [0.1, 0.15) is 5.75 Å². The topological polar surface area (TPSA) is 32.3 Å². The molecule has 1 atom stereocenters. The Morgan fingerprint density at radius 3 is 2.79 bits per heavy atom. The molecule has 1 unspecified atom stereocenters. The largest absolute Gasteiger partial charge is 0.508 e. The lowest BCUT2D eigenvalue weighted by atomic mass is 10.1. The second kappa shape index (κ2) is 5.94. The molecule has 0 aliphatic carbocycles. The van der Waals surface area contributed by atoms with Crippen LogP contribution in [0.4, 0.5) is 0 Å². The molecule has 3 heteroatoms. The van der Waals surface area contributed by atoms with E-state index < -0.39 is 0 Å². The number of hydrogen-bond acceptors (Lipinski definition) is 3. The predicted molar refractivity (Wildman–Crippen MR) is 62.9 cm³/mol. The molecule has 0 aliphatic heterocycles. The van der Waals surface area contributed by atoms with E-state index in [0.717, 1.165) is 17.9 Å². The van der Waals surface area contributed by atoms with Crippen LogP contribution in [0.5, 0.6) is 5.75 Å². The van der Waals surface area contributed by atoms with E-state index in [1.165, 1.54) is 0 Å². The summed E-state index contributed by atoms with van der Waals surface area (Å²) in [6, 6.07) is 7.67. The molecule has 0 radical (unpaired) electrons. The normalized spacial score (nSPS) is 12.7. The number of nitrogens with one attached hydrogen (secondary N) is 1. The summed E-state index contributed by atoms with van der Waals surface area (Å²) in [6.45, 7) is 3.03. The fourth-order valence-electron chi connectivity index (χ4n) is 1.34. The van der Waals surface area contributed by atoms with Crippen molar-refractivity contribution in [1.82, 2.24) is 5.32 Å². The van der Waals surface area contributed by atoms with Gasteiger partial charge in [0.2, 0.25) is 0 Å². The summed E-state index contributed by atoms with van der Waals surface area (Å²) in [6.07, 6.45) is 2.09. The Balaban J connectivity index is 2.51. The Labute approximate surface area is 89.7 Å². The van der Waals surface area contributed by atoms with Crippen LogP contribution in [0.3, 0.4) is 0 Å². The highest BCUT2D eigenvalue weighted by Crippen LogP contribution is 2.22. The zero-order valence-electron chi connectivity index (χ0n) is 8.66. The number of aromatic hydroxyl groups is 1. The Kier molecular flexibility index (Phi) is 4.84. The van der Waals surface area contributed by atoms with Crippen molar-refractivity contribution in [2.45, 2.75) is 13.0 Å². The smallest absolute Gasteiger partial charge is 0.120 e. The Morgan fingerprint density at radius 2 is 2.14 bits per heavy atom. The van der Waals surface area contributed by atoms with Gasteiger partial charge in [-0.2, -0.15) is 11.8 Å². The second-order valence-corrected chi connectivity index (χ2v) is 4.21. The van der Waals surface area contributed by atoms with E-state index in [1.54, 1.807) is 6.07 Å². The van der Waals surface area contributed by atoms with Crippen LogP contribution in [0, 0.1) is 0 Å². The zero-order chi connectivity index (χ0) is 10.4. The summed E-state index contributed by atoms with van der Waals surface area (Å²) in [5.41, 5.74) is 0.966. The minimum atomic E-state index is 0.211. The van der Waals surface area contributed by atoms with Crippen LogP contribution in [-0.4, -0.2) is 23.7 Å². The molecule has 0 amide bonds. The van der Waals surface area contributed by atoms with Crippen molar-refractivity contribution in [1.29, 1.82) is 0 Å². The fraction of sp³-hybridized carbons (Fsp3) is 0.455. The van der Waals surface area contributed by atoms with E-state index in [1.807, 2.05) is 30.0 Å². The van der Waals surface area contributed by atoms with Gasteiger partial charge < -0.3 is 10.4 Å². The first-order chi connectivity index (χ1) is 6.75. The number of para-hydroxylation sites is 1. The average molecular weight is 211 g/mol. The molecular formula is C11H17NOS. The Hall–Kier alpha value is -0.670. The van der Waals surface area contributed by atoms with Crippen LogP contribution >= 0.6 is 11.8 Å². The van der Waals surface area contributed by atoms with E-state index in [0.29, 0.717) is 5.75 Å². The van der Waals surface area contributed by atoms with Crippen LogP contribution in [0.15, 0.2) is 24.3 Å². The van der Waals surface area contributed by atoms with Crippen LogP contribution in [-0.2, 0) is 0 Å². The first kappa shape index (κ1) is 11.4. The van der Waals surface area contributed by atoms with Crippen LogP contribution in [0.1, 0.15) is 18.5 Å². The van der Waals surface area contributed by atoms with Gasteiger partial charge in [-0.1, -0.05) is 18.2 Å². The molecule has 1 aromatic rings. The van der Waals surface area contributed by atoms with Gasteiger partial charge in [-0.15, -0.1) is 0 Å². The van der Waals surface area contributed by atoms with E-state index >= 15 is 0 Å². The summed E-state index contributed by atoms with van der Waals surface area (Å²) < 4.78 is 0. The van der Waals surface area contributed by atoms with Crippen molar-refractivity contribution < 1.29 is 5.11 Å². The highest BCUT2D eigenvalue weighted by atomic mass is 32.2. The maximum atomic E-state index is 9.59. The molecule has 0 saturated heterocycles. The number of phenolic OH excluding ortho intramolecular Hbond substituents is 1. The van der Waals surface area contributed by atoms with Crippen molar-refractivity contribution >= 4 is 11.8 Å². The molecule has 0 heterocycles. The SMILES string of the molecule is CSCCNC(C)c1ccccc1O. The highest BCUT2D eigenvalue weighted by molar-refractivity contribution is 7.98. The summed E-state index contributed by atoms with van der Waals surface area (Å²) in [5, 5.41) is 13.0. The number of benzene rings is 1. The monoisotopic (exact) mass is 211 g/mol. The molecule has 14 heavy (non-hydrogen) atoms. The molecule has 2 N–H and O–H groups in total. The first-order valence-electron chi connectivity index (χ1n) is 4.76. The average Bonchev–Trinajstić information content (AvgIpc) is 2.18. The fourth-order valence-corrected chi connectivity index (χ4v) is 1.66. The van der Waals surface area contributed by atoms with Gasteiger partial charge >= 0.3 is 0 Å². The third kappa shape index (κ3) is 3.24. The molecule has 2 nitrogen and oxygen atoms in total. The van der Waals surface area contributed by atoms with Crippen LogP contribution in [0.2, 0.25) is 0 Å². The standard InChI is InChI=1S/C11H17NOS/c1-9(12-7-8-14-2)10-5-3-4-6-11(10)13/h3-6,9,12-13H,7-8H2,1-2H3. The number of hydrogen-bond donors (Lipinski definition) is 2. The zero-order valence-corrected chi connectivity index (χ0v) is 9.47.